The van der Waals surface area contributed by atoms with Crippen LogP contribution in [0, 0.1) is 5.82 Å². The third-order valence-electron chi connectivity index (χ3n) is 3.43. The molecule has 0 radical (unpaired) electrons. The summed E-state index contributed by atoms with van der Waals surface area (Å²) in [5.41, 5.74) is 1.17. The molecule has 2 rings (SSSR count). The van der Waals surface area contributed by atoms with Gasteiger partial charge in [0, 0.05) is 6.54 Å². The number of hydrogen-bond acceptors (Lipinski definition) is 2. The Morgan fingerprint density at radius 1 is 1.24 bits per heavy atom. The number of carbonyl (C=O) groups is 1. The van der Waals surface area contributed by atoms with Crippen LogP contribution in [-0.2, 0) is 0 Å². The normalized spacial score (nSPS) is 11.9. The zero-order chi connectivity index (χ0) is 15.2. The SMILES string of the molecule is CC(CCNC(=O)c1cc(F)ccc1O)c1ccccc1. The molecule has 0 aromatic heterocycles. The van der Waals surface area contributed by atoms with Crippen molar-refractivity contribution in [1.29, 1.82) is 0 Å². The molecule has 2 aromatic carbocycles. The zero-order valence-electron chi connectivity index (χ0n) is 11.8. The third-order valence-corrected chi connectivity index (χ3v) is 3.43. The Balaban J connectivity index is 1.88. The van der Waals surface area contributed by atoms with E-state index in [4.69, 9.17) is 0 Å². The summed E-state index contributed by atoms with van der Waals surface area (Å²) in [6.45, 7) is 2.55. The molecule has 0 heterocycles. The van der Waals surface area contributed by atoms with E-state index in [9.17, 15) is 14.3 Å². The first-order chi connectivity index (χ1) is 10.1. The molecule has 3 nitrogen and oxygen atoms in total. The van der Waals surface area contributed by atoms with Crippen molar-refractivity contribution in [2.24, 2.45) is 0 Å². The van der Waals surface area contributed by atoms with Crippen molar-refractivity contribution in [2.45, 2.75) is 19.3 Å². The van der Waals surface area contributed by atoms with E-state index in [-0.39, 0.29) is 11.3 Å². The monoisotopic (exact) mass is 287 g/mol. The summed E-state index contributed by atoms with van der Waals surface area (Å²) >= 11 is 0. The Morgan fingerprint density at radius 2 is 1.95 bits per heavy atom. The van der Waals surface area contributed by atoms with Gasteiger partial charge < -0.3 is 10.4 Å². The first-order valence-corrected chi connectivity index (χ1v) is 6.89. The van der Waals surface area contributed by atoms with Crippen LogP contribution in [0.2, 0.25) is 0 Å². The number of nitrogens with one attached hydrogen (secondary N) is 1. The molecule has 2 aromatic rings. The first kappa shape index (κ1) is 15.0. The molecule has 0 spiro atoms. The molecule has 1 amide bonds. The number of benzene rings is 2. The Hall–Kier alpha value is -2.36. The molecular weight excluding hydrogens is 269 g/mol. The van der Waals surface area contributed by atoms with Crippen molar-refractivity contribution in [3.63, 3.8) is 0 Å². The van der Waals surface area contributed by atoms with Crippen LogP contribution < -0.4 is 5.32 Å². The number of halogens is 1. The second-order valence-corrected chi connectivity index (χ2v) is 5.02. The van der Waals surface area contributed by atoms with Crippen molar-refractivity contribution >= 4 is 5.91 Å². The van der Waals surface area contributed by atoms with Gasteiger partial charge in [-0.05, 0) is 36.1 Å². The van der Waals surface area contributed by atoms with Crippen LogP contribution >= 0.6 is 0 Å². The lowest BCUT2D eigenvalue weighted by molar-refractivity contribution is 0.0949. The number of hydrogen-bond donors (Lipinski definition) is 2. The highest BCUT2D eigenvalue weighted by atomic mass is 19.1. The lowest BCUT2D eigenvalue weighted by Crippen LogP contribution is -2.25. The van der Waals surface area contributed by atoms with Crippen molar-refractivity contribution in [2.75, 3.05) is 6.54 Å². The van der Waals surface area contributed by atoms with Gasteiger partial charge in [-0.3, -0.25) is 4.79 Å². The molecule has 0 saturated heterocycles. The third kappa shape index (κ3) is 4.05. The lowest BCUT2D eigenvalue weighted by atomic mass is 9.98. The van der Waals surface area contributed by atoms with E-state index < -0.39 is 11.7 Å². The van der Waals surface area contributed by atoms with Gasteiger partial charge in [0.05, 0.1) is 5.56 Å². The summed E-state index contributed by atoms with van der Waals surface area (Å²) in [4.78, 5) is 11.9. The largest absolute Gasteiger partial charge is 0.507 e. The smallest absolute Gasteiger partial charge is 0.255 e. The zero-order valence-corrected chi connectivity index (χ0v) is 11.8. The van der Waals surface area contributed by atoms with Crippen molar-refractivity contribution in [3.8, 4) is 5.75 Å². The van der Waals surface area contributed by atoms with E-state index >= 15 is 0 Å². The van der Waals surface area contributed by atoms with Gasteiger partial charge in [-0.1, -0.05) is 37.3 Å². The van der Waals surface area contributed by atoms with Crippen LogP contribution in [0.1, 0.15) is 35.2 Å². The van der Waals surface area contributed by atoms with Gasteiger partial charge >= 0.3 is 0 Å². The van der Waals surface area contributed by atoms with Gasteiger partial charge in [0.2, 0.25) is 0 Å². The average molecular weight is 287 g/mol. The predicted molar refractivity (Wildman–Crippen MR) is 79.9 cm³/mol. The fourth-order valence-corrected chi connectivity index (χ4v) is 2.14. The van der Waals surface area contributed by atoms with Gasteiger partial charge in [-0.2, -0.15) is 0 Å². The highest BCUT2D eigenvalue weighted by molar-refractivity contribution is 5.96. The van der Waals surface area contributed by atoms with Crippen LogP contribution in [0.5, 0.6) is 5.75 Å². The summed E-state index contributed by atoms with van der Waals surface area (Å²) in [6.07, 6.45) is 0.770. The standard InChI is InChI=1S/C17H18FNO2/c1-12(13-5-3-2-4-6-13)9-10-19-17(21)15-11-14(18)7-8-16(15)20/h2-8,11-12,20H,9-10H2,1H3,(H,19,21). The van der Waals surface area contributed by atoms with E-state index in [2.05, 4.69) is 12.2 Å². The molecule has 0 aliphatic rings. The Labute approximate surface area is 123 Å². The lowest BCUT2D eigenvalue weighted by Gasteiger charge is -2.12. The molecular formula is C17H18FNO2. The molecule has 2 N–H and O–H groups in total. The summed E-state index contributed by atoms with van der Waals surface area (Å²) in [5.74, 6) is -0.916. The summed E-state index contributed by atoms with van der Waals surface area (Å²) in [7, 11) is 0. The van der Waals surface area contributed by atoms with Crippen LogP contribution in [0.4, 0.5) is 4.39 Å². The second-order valence-electron chi connectivity index (χ2n) is 5.02. The molecule has 0 saturated carbocycles. The summed E-state index contributed by atoms with van der Waals surface area (Å²) < 4.78 is 13.1. The number of phenols is 1. The predicted octanol–water partition coefficient (Wildman–Crippen LogP) is 3.45. The van der Waals surface area contributed by atoms with Gasteiger partial charge in [0.25, 0.3) is 5.91 Å². The van der Waals surface area contributed by atoms with Crippen LogP contribution in [0.25, 0.3) is 0 Å². The van der Waals surface area contributed by atoms with Crippen molar-refractivity contribution in [1.82, 2.24) is 5.32 Å². The van der Waals surface area contributed by atoms with E-state index in [1.165, 1.54) is 11.6 Å². The van der Waals surface area contributed by atoms with E-state index in [1.54, 1.807) is 0 Å². The van der Waals surface area contributed by atoms with Gasteiger partial charge in [0.1, 0.15) is 11.6 Å². The molecule has 110 valence electrons. The van der Waals surface area contributed by atoms with Crippen LogP contribution in [0.15, 0.2) is 48.5 Å². The van der Waals surface area contributed by atoms with Gasteiger partial charge in [-0.25, -0.2) is 4.39 Å². The molecule has 1 unspecified atom stereocenters. The Bertz CT molecular complexity index is 613. The fraction of sp³-hybridized carbons (Fsp3) is 0.235. The summed E-state index contributed by atoms with van der Waals surface area (Å²) in [5, 5.41) is 12.3. The topological polar surface area (TPSA) is 49.3 Å². The van der Waals surface area contributed by atoms with E-state index in [0.717, 1.165) is 18.6 Å². The Morgan fingerprint density at radius 3 is 2.67 bits per heavy atom. The van der Waals surface area contributed by atoms with E-state index in [1.807, 2.05) is 30.3 Å². The van der Waals surface area contributed by atoms with Crippen LogP contribution in [0.3, 0.4) is 0 Å². The highest BCUT2D eigenvalue weighted by Crippen LogP contribution is 2.19. The summed E-state index contributed by atoms with van der Waals surface area (Å²) in [6, 6.07) is 13.3. The maximum atomic E-state index is 13.1. The van der Waals surface area contributed by atoms with Crippen LogP contribution in [-0.4, -0.2) is 17.6 Å². The van der Waals surface area contributed by atoms with Crippen molar-refractivity contribution < 1.29 is 14.3 Å². The number of aromatic hydroxyl groups is 1. The quantitative estimate of drug-likeness (QED) is 0.885. The maximum Gasteiger partial charge on any atom is 0.255 e. The maximum absolute atomic E-state index is 13.1. The molecule has 21 heavy (non-hydrogen) atoms. The van der Waals surface area contributed by atoms with Crippen molar-refractivity contribution in [3.05, 3.63) is 65.5 Å². The number of carbonyl (C=O) groups excluding carboxylic acids is 1. The number of rotatable bonds is 5. The highest BCUT2D eigenvalue weighted by Gasteiger charge is 2.12. The fourth-order valence-electron chi connectivity index (χ4n) is 2.14. The van der Waals surface area contributed by atoms with Gasteiger partial charge in [-0.15, -0.1) is 0 Å². The van der Waals surface area contributed by atoms with Gasteiger partial charge in [0.15, 0.2) is 0 Å². The minimum atomic E-state index is -0.546. The molecule has 4 heteroatoms. The molecule has 0 bridgehead atoms. The molecule has 0 aliphatic carbocycles. The Kier molecular flexibility index (Phi) is 4.93. The van der Waals surface area contributed by atoms with E-state index in [0.29, 0.717) is 12.5 Å². The first-order valence-electron chi connectivity index (χ1n) is 6.89. The minimum absolute atomic E-state index is 0.0395. The second kappa shape index (κ2) is 6.88. The minimum Gasteiger partial charge on any atom is -0.507 e. The molecule has 0 fully saturated rings. The molecule has 1 atom stereocenters. The number of phenolic OH excluding ortho intramolecular Hbond substituents is 1. The molecule has 0 aliphatic heterocycles. The number of amides is 1. The average Bonchev–Trinajstić information content (AvgIpc) is 2.50.